The van der Waals surface area contributed by atoms with Gasteiger partial charge in [0.1, 0.15) is 6.67 Å². The van der Waals surface area contributed by atoms with Crippen LogP contribution in [0.4, 0.5) is 0 Å². The van der Waals surface area contributed by atoms with E-state index in [1.807, 2.05) is 0 Å². The fourth-order valence-corrected chi connectivity index (χ4v) is 0.206. The molecule has 0 aliphatic rings. The highest BCUT2D eigenvalue weighted by Crippen LogP contribution is 1.62. The van der Waals surface area contributed by atoms with E-state index < -0.39 is 0 Å². The fraction of sp³-hybridized carbons (Fsp3) is 1.00. The molecule has 0 saturated heterocycles. The summed E-state index contributed by atoms with van der Waals surface area (Å²) in [6.07, 6.45) is 0. The van der Waals surface area contributed by atoms with E-state index >= 15 is 0 Å². The third-order valence-corrected chi connectivity index (χ3v) is 0.526. The summed E-state index contributed by atoms with van der Waals surface area (Å²) in [6, 6.07) is 0. The van der Waals surface area contributed by atoms with Crippen LogP contribution in [-0.4, -0.2) is 12.5 Å². The normalized spacial score (nSPS) is 8.17. The van der Waals surface area contributed by atoms with Crippen LogP contribution < -0.4 is 5.32 Å². The quantitative estimate of drug-likeness (QED) is 0.207. The van der Waals surface area contributed by atoms with Gasteiger partial charge in [-0.1, -0.05) is 0 Å². The molecule has 0 aromatic heterocycles. The molecule has 3 nitrogen and oxygen atoms in total. The lowest BCUT2D eigenvalue weighted by Gasteiger charge is -1.86. The topological polar surface area (TPSA) is 48.2 Å². The molecule has 0 aliphatic carbocycles. The summed E-state index contributed by atoms with van der Waals surface area (Å²) in [6.45, 7) is 0.378. The van der Waals surface area contributed by atoms with Gasteiger partial charge in [-0.05, 0) is 0 Å². The minimum absolute atomic E-state index is 0.378. The lowest BCUT2D eigenvalue weighted by atomic mass is 11.1. The third kappa shape index (κ3) is 3.91. The lowest BCUT2D eigenvalue weighted by Crippen LogP contribution is -2.09. The molecule has 0 aromatic rings. The minimum Gasteiger partial charge on any atom is -0.288 e. The summed E-state index contributed by atoms with van der Waals surface area (Å²) < 4.78 is 0. The van der Waals surface area contributed by atoms with Crippen LogP contribution in [0.25, 0.3) is 0 Å². The first kappa shape index (κ1) is 5.91. The van der Waals surface area contributed by atoms with Gasteiger partial charge in [-0.2, -0.15) is 17.7 Å². The van der Waals surface area contributed by atoms with Gasteiger partial charge in [0.15, 0.2) is 0 Å². The molecule has 0 aromatic carbocycles. The maximum absolute atomic E-state index is 6.23. The molecular formula is C2H7N3S. The summed E-state index contributed by atoms with van der Waals surface area (Å²) in [7, 11) is 0. The summed E-state index contributed by atoms with van der Waals surface area (Å²) >= 11 is 3.80. The molecule has 0 aliphatic heterocycles. The molecular weight excluding hydrogens is 98.1 g/mol. The molecule has 0 saturated carbocycles. The third-order valence-electron chi connectivity index (χ3n) is 0.303. The van der Waals surface area contributed by atoms with Crippen LogP contribution in [0.5, 0.6) is 0 Å². The second-order valence-corrected chi connectivity index (χ2v) is 1.04. The van der Waals surface area contributed by atoms with Crippen molar-refractivity contribution in [3.8, 4) is 0 Å². The zero-order chi connectivity index (χ0) is 4.83. The number of nitrogens with one attached hydrogen (secondary N) is 2. The largest absolute Gasteiger partial charge is 0.288 e. The van der Waals surface area contributed by atoms with Crippen molar-refractivity contribution in [3.05, 3.63) is 0 Å². The molecule has 0 radical (unpaired) electrons. The standard InChI is InChI=1S/C2H7N3S/c3-5-1-4-2-6/h3-4,6H,1-2H2. The summed E-state index contributed by atoms with van der Waals surface area (Å²) in [5, 5.41) is 5.72. The maximum Gasteiger partial charge on any atom is 0.110 e. The molecule has 2 N–H and O–H groups in total. The Bertz CT molecular complexity index is 37.8. The van der Waals surface area contributed by atoms with Crippen LogP contribution in [0.1, 0.15) is 0 Å². The average Bonchev–Trinajstić information content (AvgIpc) is 1.61. The van der Waals surface area contributed by atoms with Crippen molar-refractivity contribution < 1.29 is 0 Å². The van der Waals surface area contributed by atoms with Gasteiger partial charge in [-0.3, -0.25) is 5.32 Å². The van der Waals surface area contributed by atoms with E-state index in [2.05, 4.69) is 23.1 Å². The maximum atomic E-state index is 6.23. The van der Waals surface area contributed by atoms with E-state index in [9.17, 15) is 0 Å². The zero-order valence-corrected chi connectivity index (χ0v) is 4.20. The summed E-state index contributed by atoms with van der Waals surface area (Å²) in [5.41, 5.74) is 6.23. The lowest BCUT2D eigenvalue weighted by molar-refractivity contribution is 0.758. The highest BCUT2D eigenvalue weighted by Gasteiger charge is 1.68. The number of nitrogens with zero attached hydrogens (tertiary/aromatic N) is 1. The minimum atomic E-state index is 0.378. The van der Waals surface area contributed by atoms with Crippen molar-refractivity contribution in [1.82, 2.24) is 5.32 Å². The van der Waals surface area contributed by atoms with Gasteiger partial charge in [0.25, 0.3) is 0 Å². The van der Waals surface area contributed by atoms with E-state index in [1.165, 1.54) is 0 Å². The van der Waals surface area contributed by atoms with Gasteiger partial charge in [0.2, 0.25) is 0 Å². The molecule has 0 rings (SSSR count). The van der Waals surface area contributed by atoms with E-state index in [0.29, 0.717) is 12.5 Å². The van der Waals surface area contributed by atoms with E-state index in [0.717, 1.165) is 0 Å². The first-order chi connectivity index (χ1) is 2.91. The van der Waals surface area contributed by atoms with Crippen molar-refractivity contribution in [2.75, 3.05) is 12.5 Å². The van der Waals surface area contributed by atoms with Gasteiger partial charge in [0, 0.05) is 5.88 Å². The van der Waals surface area contributed by atoms with Crippen molar-refractivity contribution in [2.24, 2.45) is 5.11 Å². The number of hydrogen-bond donors (Lipinski definition) is 3. The van der Waals surface area contributed by atoms with Crippen LogP contribution in [0.2, 0.25) is 0 Å². The highest BCUT2D eigenvalue weighted by molar-refractivity contribution is 7.80. The first-order valence-electron chi connectivity index (χ1n) is 1.56. The molecule has 0 amide bonds. The monoisotopic (exact) mass is 105 g/mol. The molecule has 36 valence electrons. The Labute approximate surface area is 42.0 Å². The molecule has 0 bridgehead atoms. The Balaban J connectivity index is 2.49. The van der Waals surface area contributed by atoms with Crippen LogP contribution in [0.3, 0.4) is 0 Å². The molecule has 0 unspecified atom stereocenters. The molecule has 6 heavy (non-hydrogen) atoms. The molecule has 0 fully saturated rings. The first-order valence-corrected chi connectivity index (χ1v) is 2.20. The van der Waals surface area contributed by atoms with Crippen molar-refractivity contribution in [1.29, 1.82) is 5.53 Å². The molecule has 4 heteroatoms. The fourth-order valence-electron chi connectivity index (χ4n) is 0.106. The van der Waals surface area contributed by atoms with Gasteiger partial charge < -0.3 is 0 Å². The van der Waals surface area contributed by atoms with Gasteiger partial charge in [0.05, 0.1) is 0 Å². The molecule has 0 heterocycles. The Morgan fingerprint density at radius 3 is 2.67 bits per heavy atom. The van der Waals surface area contributed by atoms with Crippen LogP contribution in [-0.2, 0) is 0 Å². The van der Waals surface area contributed by atoms with Gasteiger partial charge >= 0.3 is 0 Å². The van der Waals surface area contributed by atoms with E-state index in [-0.39, 0.29) is 0 Å². The van der Waals surface area contributed by atoms with Crippen LogP contribution in [0, 0.1) is 5.53 Å². The van der Waals surface area contributed by atoms with Gasteiger partial charge in [-0.15, -0.1) is 0 Å². The number of hydrogen-bond acceptors (Lipinski definition) is 4. The second-order valence-electron chi connectivity index (χ2n) is 0.724. The molecule has 0 spiro atoms. The van der Waals surface area contributed by atoms with Gasteiger partial charge in [-0.25, -0.2) is 5.53 Å². The van der Waals surface area contributed by atoms with Crippen LogP contribution >= 0.6 is 12.6 Å². The highest BCUT2D eigenvalue weighted by atomic mass is 32.1. The Morgan fingerprint density at radius 2 is 2.50 bits per heavy atom. The predicted octanol–water partition coefficient (Wildman–Crippen LogP) is 0.452. The summed E-state index contributed by atoms with van der Waals surface area (Å²) in [4.78, 5) is 0. The second kappa shape index (κ2) is 4.91. The number of rotatable bonds is 3. The molecule has 0 atom stereocenters. The van der Waals surface area contributed by atoms with E-state index in [4.69, 9.17) is 5.53 Å². The number of thiol groups is 1. The van der Waals surface area contributed by atoms with Crippen LogP contribution in [0.15, 0.2) is 5.11 Å². The Hall–Kier alpha value is -0.0900. The van der Waals surface area contributed by atoms with Crippen molar-refractivity contribution in [3.63, 3.8) is 0 Å². The Kier molecular flexibility index (Phi) is 4.84. The Morgan fingerprint density at radius 1 is 1.83 bits per heavy atom. The van der Waals surface area contributed by atoms with E-state index in [1.54, 1.807) is 0 Å². The van der Waals surface area contributed by atoms with Crippen molar-refractivity contribution in [2.45, 2.75) is 0 Å². The zero-order valence-electron chi connectivity index (χ0n) is 3.31. The SMILES string of the molecule is N=NCNCS. The predicted molar refractivity (Wildman–Crippen MR) is 27.0 cm³/mol. The van der Waals surface area contributed by atoms with Crippen molar-refractivity contribution >= 4 is 12.6 Å². The summed E-state index contributed by atoms with van der Waals surface area (Å²) in [5.74, 6) is 0.586. The smallest absolute Gasteiger partial charge is 0.110 e. The average molecular weight is 105 g/mol.